The molecule has 34 heavy (non-hydrogen) atoms. The van der Waals surface area contributed by atoms with Gasteiger partial charge in [0.25, 0.3) is 11.1 Å². The number of carbonyl (C=O) groups is 1. The van der Waals surface area contributed by atoms with E-state index < -0.39 is 28.5 Å². The third-order valence-electron chi connectivity index (χ3n) is 5.76. The summed E-state index contributed by atoms with van der Waals surface area (Å²) >= 11 is 0. The Morgan fingerprint density at radius 1 is 0.824 bits per heavy atom. The van der Waals surface area contributed by atoms with Crippen LogP contribution in [0.3, 0.4) is 0 Å². The van der Waals surface area contributed by atoms with E-state index in [0.29, 0.717) is 11.2 Å². The maximum atomic E-state index is 12.7. The van der Waals surface area contributed by atoms with Gasteiger partial charge in [-0.25, -0.2) is 19.6 Å². The van der Waals surface area contributed by atoms with Crippen LogP contribution in [0.1, 0.15) is 12.8 Å². The summed E-state index contributed by atoms with van der Waals surface area (Å²) in [5, 5.41) is 0. The van der Waals surface area contributed by atoms with Gasteiger partial charge >= 0.3 is 17.3 Å². The Hall–Kier alpha value is -4.23. The second kappa shape index (κ2) is 8.61. The molecule has 14 heteroatoms. The number of aryl methyl sites for hydroxylation is 4. The maximum Gasteiger partial charge on any atom is 0.332 e. The molecule has 0 aliphatic rings. The Labute approximate surface area is 190 Å². The van der Waals surface area contributed by atoms with Gasteiger partial charge in [-0.05, 0) is 6.42 Å². The van der Waals surface area contributed by atoms with Crippen molar-refractivity contribution in [1.82, 2.24) is 37.4 Å². The van der Waals surface area contributed by atoms with E-state index in [-0.39, 0.29) is 43.7 Å². The lowest BCUT2D eigenvalue weighted by molar-refractivity contribution is -0.144. The summed E-state index contributed by atoms with van der Waals surface area (Å²) < 4.78 is 12.9. The lowest BCUT2D eigenvalue weighted by atomic mass is 10.4. The highest BCUT2D eigenvalue weighted by Gasteiger charge is 2.16. The molecular weight excluding hydrogens is 448 g/mol. The Morgan fingerprint density at radius 3 is 2.21 bits per heavy atom. The van der Waals surface area contributed by atoms with Crippen molar-refractivity contribution in [2.24, 2.45) is 28.2 Å². The molecular formula is C20H24N8O6. The third-order valence-corrected chi connectivity index (χ3v) is 5.76. The summed E-state index contributed by atoms with van der Waals surface area (Å²) in [7, 11) is 6.10. The number of esters is 1. The molecule has 0 amide bonds. The van der Waals surface area contributed by atoms with Gasteiger partial charge in [0.15, 0.2) is 22.3 Å². The van der Waals surface area contributed by atoms with Crippen molar-refractivity contribution in [3.05, 3.63) is 54.3 Å². The molecule has 4 heterocycles. The van der Waals surface area contributed by atoms with Gasteiger partial charge in [-0.2, -0.15) is 0 Å². The number of rotatable bonds is 7. The van der Waals surface area contributed by atoms with Crippen LogP contribution in [0.25, 0.3) is 22.3 Å². The largest absolute Gasteiger partial charge is 0.466 e. The zero-order chi connectivity index (χ0) is 24.7. The van der Waals surface area contributed by atoms with Crippen LogP contribution in [0.2, 0.25) is 0 Å². The molecule has 0 aliphatic carbocycles. The highest BCUT2D eigenvalue weighted by atomic mass is 16.5. The number of hydrogen-bond donors (Lipinski definition) is 0. The van der Waals surface area contributed by atoms with Crippen molar-refractivity contribution in [3.8, 4) is 0 Å². The van der Waals surface area contributed by atoms with Crippen LogP contribution < -0.4 is 22.5 Å². The fraction of sp³-hybridized carbons (Fsp3) is 0.450. The first-order chi connectivity index (χ1) is 16.1. The molecule has 0 saturated heterocycles. The molecule has 4 aromatic heterocycles. The van der Waals surface area contributed by atoms with E-state index in [0.717, 1.165) is 9.13 Å². The zero-order valence-corrected chi connectivity index (χ0v) is 19.2. The average molecular weight is 472 g/mol. The van der Waals surface area contributed by atoms with Crippen LogP contribution in [0.15, 0.2) is 31.8 Å². The molecule has 0 N–H and O–H groups in total. The number of hydrogen-bond acceptors (Lipinski definition) is 8. The van der Waals surface area contributed by atoms with Gasteiger partial charge in [0, 0.05) is 41.3 Å². The third kappa shape index (κ3) is 3.66. The fourth-order valence-electron chi connectivity index (χ4n) is 3.85. The molecule has 0 atom stereocenters. The van der Waals surface area contributed by atoms with Crippen molar-refractivity contribution in [2.75, 3.05) is 6.61 Å². The van der Waals surface area contributed by atoms with Gasteiger partial charge in [-0.3, -0.25) is 32.7 Å². The first-order valence-corrected chi connectivity index (χ1v) is 10.5. The first kappa shape index (κ1) is 22.9. The van der Waals surface area contributed by atoms with Crippen LogP contribution in [-0.2, 0) is 50.8 Å². The predicted molar refractivity (Wildman–Crippen MR) is 121 cm³/mol. The Bertz CT molecular complexity index is 1660. The van der Waals surface area contributed by atoms with Crippen molar-refractivity contribution < 1.29 is 9.53 Å². The minimum Gasteiger partial charge on any atom is -0.466 e. The number of ether oxygens (including phenoxy) is 1. The van der Waals surface area contributed by atoms with E-state index in [1.165, 1.54) is 40.5 Å². The lowest BCUT2D eigenvalue weighted by Crippen LogP contribution is -2.39. The van der Waals surface area contributed by atoms with Crippen LogP contribution in [0, 0.1) is 0 Å². The van der Waals surface area contributed by atoms with E-state index in [4.69, 9.17) is 4.74 Å². The molecule has 0 unspecified atom stereocenters. The SMILES string of the molecule is Cn1c(=O)c2c(ncn2CCC(=O)OCCCn2c(=O)c3c(ncn3C)n(C)c2=O)n(C)c1=O. The van der Waals surface area contributed by atoms with Crippen LogP contribution in [-0.4, -0.2) is 49.9 Å². The standard InChI is InChI=1S/C20H24N8O6/c1-23-10-21-15-13(23)18(31)28(20(33)25(15)3)7-5-9-34-12(29)6-8-27-11-22-16-14(27)17(30)26(4)19(32)24(16)2/h10-11H,5-9H2,1-4H3. The smallest absolute Gasteiger partial charge is 0.332 e. The highest BCUT2D eigenvalue weighted by Crippen LogP contribution is 2.07. The van der Waals surface area contributed by atoms with Crippen molar-refractivity contribution in [2.45, 2.75) is 25.9 Å². The van der Waals surface area contributed by atoms with Gasteiger partial charge < -0.3 is 13.9 Å². The number of nitrogens with zero attached hydrogens (tertiary/aromatic N) is 8. The monoisotopic (exact) mass is 472 g/mol. The molecule has 0 spiro atoms. The Balaban J connectivity index is 1.38. The summed E-state index contributed by atoms with van der Waals surface area (Å²) in [6.07, 6.45) is 3.10. The van der Waals surface area contributed by atoms with E-state index in [1.807, 2.05) is 0 Å². The molecule has 4 aromatic rings. The fourth-order valence-corrected chi connectivity index (χ4v) is 3.85. The normalized spacial score (nSPS) is 11.5. The minimum absolute atomic E-state index is 0.0127. The maximum absolute atomic E-state index is 12.7. The van der Waals surface area contributed by atoms with Gasteiger partial charge in [0.05, 0.1) is 25.7 Å². The van der Waals surface area contributed by atoms with Crippen molar-refractivity contribution in [3.63, 3.8) is 0 Å². The van der Waals surface area contributed by atoms with Gasteiger partial charge in [0.2, 0.25) is 0 Å². The minimum atomic E-state index is -0.508. The predicted octanol–water partition coefficient (Wildman–Crippen LogP) is -1.80. The summed E-state index contributed by atoms with van der Waals surface area (Å²) in [6.45, 7) is 0.231. The second-order valence-electron chi connectivity index (χ2n) is 7.97. The number of imidazole rings is 2. The summed E-state index contributed by atoms with van der Waals surface area (Å²) in [5.74, 6) is -0.508. The van der Waals surface area contributed by atoms with Crippen LogP contribution in [0.5, 0.6) is 0 Å². The molecule has 0 fully saturated rings. The quantitative estimate of drug-likeness (QED) is 0.226. The Kier molecular flexibility index (Phi) is 5.81. The summed E-state index contributed by atoms with van der Waals surface area (Å²) in [4.78, 5) is 70.0. The first-order valence-electron chi connectivity index (χ1n) is 10.5. The highest BCUT2D eigenvalue weighted by molar-refractivity contribution is 5.72. The molecule has 0 aliphatic heterocycles. The van der Waals surface area contributed by atoms with Gasteiger partial charge in [-0.1, -0.05) is 0 Å². The molecule has 0 radical (unpaired) electrons. The molecule has 0 aromatic carbocycles. The second-order valence-corrected chi connectivity index (χ2v) is 7.97. The Morgan fingerprint density at radius 2 is 1.47 bits per heavy atom. The van der Waals surface area contributed by atoms with Crippen LogP contribution >= 0.6 is 0 Å². The molecule has 14 nitrogen and oxygen atoms in total. The molecule has 180 valence electrons. The zero-order valence-electron chi connectivity index (χ0n) is 19.2. The average Bonchev–Trinajstić information content (AvgIpc) is 3.42. The molecule has 0 saturated carbocycles. The number of fused-ring (bicyclic) bond motifs is 2. The van der Waals surface area contributed by atoms with Crippen molar-refractivity contribution >= 4 is 28.3 Å². The number of aromatic nitrogens is 8. The van der Waals surface area contributed by atoms with E-state index in [9.17, 15) is 24.0 Å². The molecule has 0 bridgehead atoms. The van der Waals surface area contributed by atoms with Crippen molar-refractivity contribution in [1.29, 1.82) is 0 Å². The number of carbonyl (C=O) groups excluding carboxylic acids is 1. The van der Waals surface area contributed by atoms with Crippen LogP contribution in [0.4, 0.5) is 0 Å². The van der Waals surface area contributed by atoms with Gasteiger partial charge in [0.1, 0.15) is 0 Å². The molecule has 4 rings (SSSR count). The van der Waals surface area contributed by atoms with Gasteiger partial charge in [-0.15, -0.1) is 0 Å². The summed E-state index contributed by atoms with van der Waals surface area (Å²) in [6, 6.07) is 0. The topological polar surface area (TPSA) is 150 Å². The van der Waals surface area contributed by atoms with E-state index in [2.05, 4.69) is 9.97 Å². The van der Waals surface area contributed by atoms with E-state index in [1.54, 1.807) is 18.7 Å². The van der Waals surface area contributed by atoms with E-state index >= 15 is 0 Å². The lowest BCUT2D eigenvalue weighted by Gasteiger charge is -2.09. The summed E-state index contributed by atoms with van der Waals surface area (Å²) in [5.41, 5.74) is -0.854.